The van der Waals surface area contributed by atoms with E-state index in [2.05, 4.69) is 94.9 Å². The molecule has 1 N–H and O–H groups in total. The van der Waals surface area contributed by atoms with Crippen molar-refractivity contribution in [3.05, 3.63) is 76.5 Å². The lowest BCUT2D eigenvalue weighted by molar-refractivity contribution is 0.481. The number of hydrogen-bond acceptors (Lipinski definition) is 4. The van der Waals surface area contributed by atoms with Crippen LogP contribution in [0.15, 0.2) is 66.0 Å². The number of nitrogens with one attached hydrogen (secondary N) is 1. The van der Waals surface area contributed by atoms with Crippen LogP contribution in [0.5, 0.6) is 0 Å². The summed E-state index contributed by atoms with van der Waals surface area (Å²) in [6.45, 7) is 0. The Labute approximate surface area is 163 Å². The summed E-state index contributed by atoms with van der Waals surface area (Å²) < 4.78 is 2.37. The second-order valence-electron chi connectivity index (χ2n) is 7.24. The third-order valence-corrected chi connectivity index (χ3v) is 6.34. The highest BCUT2D eigenvalue weighted by Gasteiger charge is 2.31. The Morgan fingerprint density at radius 3 is 2.59 bits per heavy atom. The zero-order valence-electron chi connectivity index (χ0n) is 15.5. The van der Waals surface area contributed by atoms with Crippen LogP contribution < -0.4 is 10.2 Å². The Morgan fingerprint density at radius 1 is 1.04 bits per heavy atom. The number of para-hydroxylation sites is 2. The van der Waals surface area contributed by atoms with Crippen molar-refractivity contribution in [1.29, 1.82) is 0 Å². The zero-order valence-corrected chi connectivity index (χ0v) is 16.3. The van der Waals surface area contributed by atoms with Gasteiger partial charge in [0.05, 0.1) is 23.1 Å². The first-order valence-electron chi connectivity index (χ1n) is 9.25. The highest BCUT2D eigenvalue weighted by Crippen LogP contribution is 2.42. The van der Waals surface area contributed by atoms with Crippen LogP contribution in [0.4, 0.5) is 11.6 Å². The summed E-state index contributed by atoms with van der Waals surface area (Å²) in [5.41, 5.74) is 4.78. The lowest BCUT2D eigenvalue weighted by Crippen LogP contribution is -2.26. The molecule has 0 saturated heterocycles. The van der Waals surface area contributed by atoms with Crippen molar-refractivity contribution in [3.8, 4) is 0 Å². The normalized spacial score (nSPS) is 18.9. The van der Waals surface area contributed by atoms with Crippen molar-refractivity contribution in [3.63, 3.8) is 0 Å². The molecule has 2 unspecified atom stereocenters. The highest BCUT2D eigenvalue weighted by atomic mass is 32.1. The summed E-state index contributed by atoms with van der Waals surface area (Å²) in [6, 6.07) is 22.2. The molecule has 1 aliphatic rings. The molecule has 5 heteroatoms. The Bertz CT molecular complexity index is 1060. The van der Waals surface area contributed by atoms with Gasteiger partial charge in [-0.2, -0.15) is 0 Å². The Kier molecular flexibility index (Phi) is 3.90. The number of benzene rings is 2. The maximum absolute atomic E-state index is 4.88. The van der Waals surface area contributed by atoms with Crippen molar-refractivity contribution in [2.24, 2.45) is 0 Å². The highest BCUT2D eigenvalue weighted by molar-refractivity contribution is 7.10. The van der Waals surface area contributed by atoms with Crippen LogP contribution in [0.25, 0.3) is 11.0 Å². The zero-order chi connectivity index (χ0) is 18.4. The SMILES string of the molecule is CN(C)c1ccc(C2CC(c3cccs3)Nc3nc4ccccc4n32)cc1. The number of nitrogens with zero attached hydrogens (tertiary/aromatic N) is 3. The quantitative estimate of drug-likeness (QED) is 0.527. The number of anilines is 2. The minimum absolute atomic E-state index is 0.261. The van der Waals surface area contributed by atoms with Crippen molar-refractivity contribution in [1.82, 2.24) is 9.55 Å². The summed E-state index contributed by atoms with van der Waals surface area (Å²) in [5, 5.41) is 5.82. The van der Waals surface area contributed by atoms with Gasteiger partial charge in [0.25, 0.3) is 0 Å². The topological polar surface area (TPSA) is 33.1 Å². The molecule has 2 atom stereocenters. The molecule has 1 aliphatic heterocycles. The van der Waals surface area contributed by atoms with Crippen molar-refractivity contribution >= 4 is 34.0 Å². The molecule has 0 bridgehead atoms. The lowest BCUT2D eigenvalue weighted by atomic mass is 9.96. The average Bonchev–Trinajstić information content (AvgIpc) is 3.35. The largest absolute Gasteiger partial charge is 0.378 e. The Balaban J connectivity index is 1.64. The lowest BCUT2D eigenvalue weighted by Gasteiger charge is -2.33. The molecule has 0 radical (unpaired) electrons. The van der Waals surface area contributed by atoms with Crippen LogP contribution in [-0.4, -0.2) is 23.6 Å². The van der Waals surface area contributed by atoms with Crippen LogP contribution in [0.1, 0.15) is 28.9 Å². The molecular formula is C22H22N4S. The van der Waals surface area contributed by atoms with E-state index in [0.29, 0.717) is 0 Å². The molecule has 0 fully saturated rings. The van der Waals surface area contributed by atoms with Crippen LogP contribution in [0.2, 0.25) is 0 Å². The standard InChI is InChI=1S/C22H22N4S/c1-25(2)16-11-9-15(10-12-16)20-14-18(21-8-5-13-27-21)24-22-23-17-6-3-4-7-19(17)26(20)22/h3-13,18,20H,14H2,1-2H3,(H,23,24). The first kappa shape index (κ1) is 16.4. The predicted octanol–water partition coefficient (Wildman–Crippen LogP) is 5.31. The fourth-order valence-electron chi connectivity index (χ4n) is 3.96. The van der Waals surface area contributed by atoms with Crippen LogP contribution >= 0.6 is 11.3 Å². The molecule has 136 valence electrons. The van der Waals surface area contributed by atoms with E-state index in [0.717, 1.165) is 17.9 Å². The summed E-state index contributed by atoms with van der Waals surface area (Å²) >= 11 is 1.81. The maximum atomic E-state index is 4.88. The van der Waals surface area contributed by atoms with E-state index in [1.165, 1.54) is 21.6 Å². The minimum atomic E-state index is 0.261. The van der Waals surface area contributed by atoms with Gasteiger partial charge in [-0.25, -0.2) is 4.98 Å². The number of fused-ring (bicyclic) bond motifs is 3. The second kappa shape index (κ2) is 6.43. The van der Waals surface area contributed by atoms with E-state index in [4.69, 9.17) is 4.98 Å². The van der Waals surface area contributed by atoms with Gasteiger partial charge in [-0.1, -0.05) is 30.3 Å². The molecule has 2 aromatic heterocycles. The van der Waals surface area contributed by atoms with E-state index >= 15 is 0 Å². The van der Waals surface area contributed by atoms with Gasteiger partial charge in [0, 0.05) is 24.7 Å². The van der Waals surface area contributed by atoms with Gasteiger partial charge in [0.2, 0.25) is 5.95 Å². The fraction of sp³-hybridized carbons (Fsp3) is 0.227. The third kappa shape index (κ3) is 2.79. The monoisotopic (exact) mass is 374 g/mol. The van der Waals surface area contributed by atoms with Crippen LogP contribution in [0, 0.1) is 0 Å². The van der Waals surface area contributed by atoms with Gasteiger partial charge in [0.15, 0.2) is 0 Å². The maximum Gasteiger partial charge on any atom is 0.204 e. The molecule has 4 nitrogen and oxygen atoms in total. The summed E-state index contributed by atoms with van der Waals surface area (Å²) in [4.78, 5) is 8.38. The third-order valence-electron chi connectivity index (χ3n) is 5.35. The van der Waals surface area contributed by atoms with E-state index in [1.54, 1.807) is 0 Å². The van der Waals surface area contributed by atoms with Crippen molar-refractivity contribution in [2.45, 2.75) is 18.5 Å². The van der Waals surface area contributed by atoms with Crippen molar-refractivity contribution in [2.75, 3.05) is 24.3 Å². The summed E-state index contributed by atoms with van der Waals surface area (Å²) in [7, 11) is 4.15. The van der Waals surface area contributed by atoms with Gasteiger partial charge < -0.3 is 14.8 Å². The molecule has 0 spiro atoms. The predicted molar refractivity (Wildman–Crippen MR) is 114 cm³/mol. The first-order valence-corrected chi connectivity index (χ1v) is 10.1. The van der Waals surface area contributed by atoms with Crippen LogP contribution in [0.3, 0.4) is 0 Å². The number of aromatic nitrogens is 2. The summed E-state index contributed by atoms with van der Waals surface area (Å²) in [6.07, 6.45) is 1.01. The van der Waals surface area contributed by atoms with Gasteiger partial charge in [-0.3, -0.25) is 0 Å². The minimum Gasteiger partial charge on any atom is -0.378 e. The van der Waals surface area contributed by atoms with Gasteiger partial charge in [-0.05, 0) is 47.7 Å². The molecule has 5 rings (SSSR count). The van der Waals surface area contributed by atoms with E-state index in [1.807, 2.05) is 11.3 Å². The van der Waals surface area contributed by atoms with Gasteiger partial charge in [0.1, 0.15) is 0 Å². The molecule has 4 aromatic rings. The van der Waals surface area contributed by atoms with E-state index in [-0.39, 0.29) is 12.1 Å². The van der Waals surface area contributed by atoms with E-state index < -0.39 is 0 Å². The van der Waals surface area contributed by atoms with Crippen molar-refractivity contribution < 1.29 is 0 Å². The first-order chi connectivity index (χ1) is 13.2. The number of thiophene rings is 1. The fourth-order valence-corrected chi connectivity index (χ4v) is 4.75. The molecule has 27 heavy (non-hydrogen) atoms. The van der Waals surface area contributed by atoms with Gasteiger partial charge >= 0.3 is 0 Å². The molecule has 3 heterocycles. The Hall–Kier alpha value is -2.79. The average molecular weight is 375 g/mol. The molecule has 2 aromatic carbocycles. The van der Waals surface area contributed by atoms with Crippen LogP contribution in [-0.2, 0) is 0 Å². The molecule has 0 aliphatic carbocycles. The second-order valence-corrected chi connectivity index (χ2v) is 8.22. The number of hydrogen-bond donors (Lipinski definition) is 1. The smallest absolute Gasteiger partial charge is 0.204 e. The van der Waals surface area contributed by atoms with E-state index in [9.17, 15) is 0 Å². The molecular weight excluding hydrogens is 352 g/mol. The number of rotatable bonds is 3. The summed E-state index contributed by atoms with van der Waals surface area (Å²) in [5.74, 6) is 0.961. The Morgan fingerprint density at radius 2 is 1.85 bits per heavy atom. The molecule has 0 saturated carbocycles. The number of imidazole rings is 1. The van der Waals surface area contributed by atoms with Gasteiger partial charge in [-0.15, -0.1) is 11.3 Å². The molecule has 0 amide bonds.